The molecular formula is C17H24N2. The Hall–Kier alpha value is -1.57. The highest BCUT2D eigenvalue weighted by Crippen LogP contribution is 2.21. The molecule has 1 heterocycles. The van der Waals surface area contributed by atoms with E-state index in [4.69, 9.17) is 0 Å². The van der Waals surface area contributed by atoms with Gasteiger partial charge in [0.15, 0.2) is 0 Å². The maximum atomic E-state index is 4.52. The summed E-state index contributed by atoms with van der Waals surface area (Å²) in [7, 11) is 0. The van der Waals surface area contributed by atoms with E-state index in [0.29, 0.717) is 0 Å². The van der Waals surface area contributed by atoms with Crippen LogP contribution in [0.4, 0.5) is 0 Å². The van der Waals surface area contributed by atoms with E-state index >= 15 is 0 Å². The van der Waals surface area contributed by atoms with Crippen LogP contribution in [0.3, 0.4) is 0 Å². The monoisotopic (exact) mass is 256 g/mol. The molecule has 0 amide bonds. The number of aromatic nitrogens is 2. The molecule has 0 bridgehead atoms. The van der Waals surface area contributed by atoms with Crippen molar-refractivity contribution in [3.8, 4) is 0 Å². The highest BCUT2D eigenvalue weighted by Gasteiger charge is 2.16. The summed E-state index contributed by atoms with van der Waals surface area (Å²) in [6.07, 6.45) is 4.11. The van der Waals surface area contributed by atoms with Crippen molar-refractivity contribution in [1.29, 1.82) is 0 Å². The van der Waals surface area contributed by atoms with E-state index in [0.717, 1.165) is 12.2 Å². The van der Waals surface area contributed by atoms with E-state index in [1.165, 1.54) is 22.3 Å². The van der Waals surface area contributed by atoms with E-state index in [2.05, 4.69) is 69.4 Å². The van der Waals surface area contributed by atoms with Gasteiger partial charge in [-0.2, -0.15) is 0 Å². The summed E-state index contributed by atoms with van der Waals surface area (Å²) < 4.78 is 2.19. The van der Waals surface area contributed by atoms with Gasteiger partial charge >= 0.3 is 0 Å². The summed E-state index contributed by atoms with van der Waals surface area (Å²) in [5, 5.41) is 0. The lowest BCUT2D eigenvalue weighted by atomic mass is 9.93. The van der Waals surface area contributed by atoms with Gasteiger partial charge in [0.2, 0.25) is 0 Å². The summed E-state index contributed by atoms with van der Waals surface area (Å²) in [5.74, 6) is 0. The molecular weight excluding hydrogens is 232 g/mol. The van der Waals surface area contributed by atoms with E-state index in [9.17, 15) is 0 Å². The summed E-state index contributed by atoms with van der Waals surface area (Å²) in [6.45, 7) is 14.0. The van der Waals surface area contributed by atoms with Crippen molar-refractivity contribution in [2.24, 2.45) is 0 Å². The van der Waals surface area contributed by atoms with Crippen molar-refractivity contribution >= 4 is 0 Å². The zero-order valence-corrected chi connectivity index (χ0v) is 12.9. The number of imidazole rings is 1. The van der Waals surface area contributed by atoms with Gasteiger partial charge in [-0.1, -0.05) is 38.5 Å². The highest BCUT2D eigenvalue weighted by molar-refractivity contribution is 5.37. The maximum Gasteiger partial charge on any atom is 0.0952 e. The Morgan fingerprint density at radius 2 is 1.63 bits per heavy atom. The number of nitrogens with zero attached hydrogens (tertiary/aromatic N) is 2. The van der Waals surface area contributed by atoms with Crippen LogP contribution >= 0.6 is 0 Å². The summed E-state index contributed by atoms with van der Waals surface area (Å²) >= 11 is 0. The molecule has 1 aromatic carbocycles. The fourth-order valence-electron chi connectivity index (χ4n) is 2.48. The fourth-order valence-corrected chi connectivity index (χ4v) is 2.48. The van der Waals surface area contributed by atoms with Gasteiger partial charge in [-0.05, 0) is 37.5 Å². The summed E-state index contributed by atoms with van der Waals surface area (Å²) in [4.78, 5) is 4.52. The second-order valence-corrected chi connectivity index (χ2v) is 6.56. The topological polar surface area (TPSA) is 17.8 Å². The van der Waals surface area contributed by atoms with Crippen LogP contribution in [0.5, 0.6) is 0 Å². The molecule has 2 aromatic rings. The number of hydrogen-bond acceptors (Lipinski definition) is 1. The normalized spacial score (nSPS) is 11.9. The van der Waals surface area contributed by atoms with Crippen LogP contribution in [-0.2, 0) is 12.0 Å². The molecule has 0 radical (unpaired) electrons. The van der Waals surface area contributed by atoms with Gasteiger partial charge in [-0.3, -0.25) is 0 Å². The lowest BCUT2D eigenvalue weighted by Crippen LogP contribution is -2.11. The maximum absolute atomic E-state index is 4.52. The number of aryl methyl sites for hydroxylation is 3. The minimum Gasteiger partial charge on any atom is -0.333 e. The van der Waals surface area contributed by atoms with Crippen LogP contribution in [0.15, 0.2) is 24.7 Å². The summed E-state index contributed by atoms with van der Waals surface area (Å²) in [5.41, 5.74) is 6.73. The van der Waals surface area contributed by atoms with Crippen LogP contribution < -0.4 is 0 Å². The van der Waals surface area contributed by atoms with Crippen LogP contribution in [0.2, 0.25) is 0 Å². The van der Waals surface area contributed by atoms with Crippen molar-refractivity contribution in [2.45, 2.75) is 53.5 Å². The molecule has 0 aliphatic carbocycles. The average molecular weight is 256 g/mol. The molecule has 2 rings (SSSR count). The standard InChI is InChI=1S/C17H24N2/c1-12-7-13(2)15(14(3)8-12)9-19-10-16(18-11-19)17(4,5)6/h7-8,10-11H,9H2,1-6H3. The quantitative estimate of drug-likeness (QED) is 0.789. The molecule has 0 unspecified atom stereocenters. The second kappa shape index (κ2) is 4.84. The predicted octanol–water partition coefficient (Wildman–Crippen LogP) is 4.15. The lowest BCUT2D eigenvalue weighted by molar-refractivity contribution is 0.571. The Kier molecular flexibility index (Phi) is 3.53. The Morgan fingerprint density at radius 3 is 2.11 bits per heavy atom. The summed E-state index contributed by atoms with van der Waals surface area (Å²) in [6, 6.07) is 4.51. The van der Waals surface area contributed by atoms with Crippen LogP contribution in [-0.4, -0.2) is 9.55 Å². The third-order valence-electron chi connectivity index (χ3n) is 3.58. The molecule has 0 saturated heterocycles. The van der Waals surface area contributed by atoms with Crippen molar-refractivity contribution in [2.75, 3.05) is 0 Å². The third-order valence-corrected chi connectivity index (χ3v) is 3.58. The highest BCUT2D eigenvalue weighted by atomic mass is 15.0. The molecule has 0 atom stereocenters. The first-order valence-electron chi connectivity index (χ1n) is 6.86. The predicted molar refractivity (Wildman–Crippen MR) is 80.7 cm³/mol. The smallest absolute Gasteiger partial charge is 0.0952 e. The lowest BCUT2D eigenvalue weighted by Gasteiger charge is -2.15. The molecule has 0 aliphatic rings. The van der Waals surface area contributed by atoms with E-state index < -0.39 is 0 Å². The number of rotatable bonds is 2. The first-order chi connectivity index (χ1) is 8.77. The van der Waals surface area contributed by atoms with Gasteiger partial charge in [0, 0.05) is 18.2 Å². The minimum atomic E-state index is 0.114. The van der Waals surface area contributed by atoms with E-state index in [1.807, 2.05) is 6.33 Å². The molecule has 102 valence electrons. The van der Waals surface area contributed by atoms with Crippen molar-refractivity contribution in [3.63, 3.8) is 0 Å². The second-order valence-electron chi connectivity index (χ2n) is 6.56. The molecule has 0 N–H and O–H groups in total. The molecule has 1 aromatic heterocycles. The molecule has 0 fully saturated rings. The zero-order valence-electron chi connectivity index (χ0n) is 12.9. The fraction of sp³-hybridized carbons (Fsp3) is 0.471. The molecule has 2 nitrogen and oxygen atoms in total. The van der Waals surface area contributed by atoms with Gasteiger partial charge in [-0.15, -0.1) is 0 Å². The Balaban J connectivity index is 2.30. The van der Waals surface area contributed by atoms with Crippen LogP contribution in [0, 0.1) is 20.8 Å². The first-order valence-corrected chi connectivity index (χ1v) is 6.86. The SMILES string of the molecule is Cc1cc(C)c(Cn2cnc(C(C)(C)C)c2)c(C)c1. The molecule has 0 spiro atoms. The van der Waals surface area contributed by atoms with Crippen LogP contribution in [0.25, 0.3) is 0 Å². The Labute approximate surface area is 116 Å². The molecule has 0 aliphatic heterocycles. The van der Waals surface area contributed by atoms with E-state index in [1.54, 1.807) is 0 Å². The van der Waals surface area contributed by atoms with E-state index in [-0.39, 0.29) is 5.41 Å². The van der Waals surface area contributed by atoms with Crippen molar-refractivity contribution in [3.05, 3.63) is 52.6 Å². The Morgan fingerprint density at radius 1 is 1.05 bits per heavy atom. The minimum absolute atomic E-state index is 0.114. The van der Waals surface area contributed by atoms with Gasteiger partial charge < -0.3 is 4.57 Å². The van der Waals surface area contributed by atoms with Gasteiger partial charge in [-0.25, -0.2) is 4.98 Å². The van der Waals surface area contributed by atoms with Gasteiger partial charge in [0.05, 0.1) is 12.0 Å². The number of hydrogen-bond donors (Lipinski definition) is 0. The van der Waals surface area contributed by atoms with Crippen molar-refractivity contribution in [1.82, 2.24) is 9.55 Å². The zero-order chi connectivity index (χ0) is 14.2. The third kappa shape index (κ3) is 3.06. The van der Waals surface area contributed by atoms with Crippen molar-refractivity contribution < 1.29 is 0 Å². The molecule has 19 heavy (non-hydrogen) atoms. The first kappa shape index (κ1) is 13.9. The Bertz CT molecular complexity index is 563. The largest absolute Gasteiger partial charge is 0.333 e. The van der Waals surface area contributed by atoms with Crippen LogP contribution in [0.1, 0.15) is 48.7 Å². The number of benzene rings is 1. The van der Waals surface area contributed by atoms with Gasteiger partial charge in [0.25, 0.3) is 0 Å². The van der Waals surface area contributed by atoms with Gasteiger partial charge in [0.1, 0.15) is 0 Å². The molecule has 2 heteroatoms. The average Bonchev–Trinajstić information content (AvgIpc) is 2.71. The molecule has 0 saturated carbocycles.